The fourth-order valence-corrected chi connectivity index (χ4v) is 3.02. The Kier molecular flexibility index (Phi) is 3.43. The van der Waals surface area contributed by atoms with Crippen LogP contribution in [0.1, 0.15) is 30.6 Å². The third-order valence-corrected chi connectivity index (χ3v) is 4.25. The van der Waals surface area contributed by atoms with Gasteiger partial charge in [0, 0.05) is 6.04 Å². The van der Waals surface area contributed by atoms with Crippen molar-refractivity contribution in [2.45, 2.75) is 36.4 Å². The van der Waals surface area contributed by atoms with E-state index in [1.165, 1.54) is 11.8 Å². The molecule has 0 unspecified atom stereocenters. The van der Waals surface area contributed by atoms with Gasteiger partial charge in [0.1, 0.15) is 6.61 Å². The zero-order valence-corrected chi connectivity index (χ0v) is 12.4. The molecule has 0 amide bonds. The van der Waals surface area contributed by atoms with Crippen LogP contribution in [0.4, 0.5) is 0 Å². The molecule has 1 aliphatic carbocycles. The minimum Gasteiger partial charge on any atom is -0.461 e. The molecule has 0 aromatic carbocycles. The number of hydrogen-bond acceptors (Lipinski definition) is 8. The second-order valence-electron chi connectivity index (χ2n) is 4.94. The predicted octanol–water partition coefficient (Wildman–Crippen LogP) is 2.04. The van der Waals surface area contributed by atoms with Gasteiger partial charge in [-0.3, -0.25) is 0 Å². The first-order valence-corrected chi connectivity index (χ1v) is 7.87. The molecular weight excluding hydrogens is 306 g/mol. The van der Waals surface area contributed by atoms with E-state index in [-0.39, 0.29) is 6.61 Å². The maximum Gasteiger partial charge on any atom is 0.238 e. The van der Waals surface area contributed by atoms with E-state index in [1.807, 2.05) is 4.57 Å². The summed E-state index contributed by atoms with van der Waals surface area (Å²) in [7, 11) is 0. The first kappa shape index (κ1) is 13.5. The molecule has 1 N–H and O–H groups in total. The number of thioether (sulfide) groups is 1. The molecule has 3 aromatic heterocycles. The predicted molar refractivity (Wildman–Crippen MR) is 75.8 cm³/mol. The van der Waals surface area contributed by atoms with Crippen molar-refractivity contribution < 1.29 is 14.0 Å². The zero-order valence-electron chi connectivity index (χ0n) is 11.5. The van der Waals surface area contributed by atoms with Crippen molar-refractivity contribution >= 4 is 11.8 Å². The largest absolute Gasteiger partial charge is 0.461 e. The second-order valence-corrected chi connectivity index (χ2v) is 5.88. The summed E-state index contributed by atoms with van der Waals surface area (Å²) in [5.74, 6) is 2.59. The maximum atomic E-state index is 9.32. The molecule has 114 valence electrons. The minimum absolute atomic E-state index is 0.104. The van der Waals surface area contributed by atoms with Crippen LogP contribution < -0.4 is 0 Å². The third-order valence-electron chi connectivity index (χ3n) is 3.32. The summed E-state index contributed by atoms with van der Waals surface area (Å²) in [6, 6.07) is 3.95. The number of aromatic nitrogens is 5. The van der Waals surface area contributed by atoms with Gasteiger partial charge in [-0.2, -0.15) is 4.98 Å². The number of nitrogens with zero attached hydrogens (tertiary/aromatic N) is 5. The van der Waals surface area contributed by atoms with Crippen molar-refractivity contribution in [1.29, 1.82) is 0 Å². The third kappa shape index (κ3) is 2.53. The van der Waals surface area contributed by atoms with Gasteiger partial charge in [-0.15, -0.1) is 10.2 Å². The lowest BCUT2D eigenvalue weighted by Crippen LogP contribution is -2.02. The lowest BCUT2D eigenvalue weighted by Gasteiger charge is -2.05. The van der Waals surface area contributed by atoms with E-state index in [0.717, 1.165) is 18.0 Å². The molecule has 0 aliphatic heterocycles. The van der Waals surface area contributed by atoms with Crippen LogP contribution >= 0.6 is 11.8 Å². The molecule has 1 saturated carbocycles. The highest BCUT2D eigenvalue weighted by Gasteiger charge is 2.29. The monoisotopic (exact) mass is 319 g/mol. The van der Waals surface area contributed by atoms with Crippen LogP contribution in [-0.4, -0.2) is 30.0 Å². The Morgan fingerprint density at radius 1 is 1.36 bits per heavy atom. The number of hydrogen-bond donors (Lipinski definition) is 1. The van der Waals surface area contributed by atoms with E-state index in [1.54, 1.807) is 18.4 Å². The van der Waals surface area contributed by atoms with Crippen LogP contribution in [0.25, 0.3) is 11.6 Å². The number of rotatable bonds is 6. The number of aliphatic hydroxyl groups is 1. The Morgan fingerprint density at radius 3 is 3.00 bits per heavy atom. The maximum absolute atomic E-state index is 9.32. The minimum atomic E-state index is -0.104. The summed E-state index contributed by atoms with van der Waals surface area (Å²) in [4.78, 5) is 4.29. The van der Waals surface area contributed by atoms with Crippen LogP contribution in [0.15, 0.2) is 32.5 Å². The van der Waals surface area contributed by atoms with Crippen molar-refractivity contribution in [3.05, 3.63) is 30.1 Å². The molecule has 9 heteroatoms. The van der Waals surface area contributed by atoms with Crippen LogP contribution in [0.2, 0.25) is 0 Å². The fraction of sp³-hybridized carbons (Fsp3) is 0.385. The summed E-state index contributed by atoms with van der Waals surface area (Å²) < 4.78 is 12.4. The second kappa shape index (κ2) is 5.58. The van der Waals surface area contributed by atoms with Gasteiger partial charge >= 0.3 is 0 Å². The Morgan fingerprint density at radius 2 is 2.27 bits per heavy atom. The highest BCUT2D eigenvalue weighted by atomic mass is 32.2. The topological polar surface area (TPSA) is 103 Å². The summed E-state index contributed by atoms with van der Waals surface area (Å²) in [5, 5.41) is 22.1. The van der Waals surface area contributed by atoms with Crippen molar-refractivity contribution in [2.75, 3.05) is 0 Å². The van der Waals surface area contributed by atoms with Crippen LogP contribution in [-0.2, 0) is 12.4 Å². The summed E-state index contributed by atoms with van der Waals surface area (Å²) in [6.45, 7) is -0.104. The smallest absolute Gasteiger partial charge is 0.238 e. The zero-order chi connectivity index (χ0) is 14.9. The van der Waals surface area contributed by atoms with Gasteiger partial charge in [0.05, 0.1) is 12.0 Å². The van der Waals surface area contributed by atoms with Crippen molar-refractivity contribution in [3.8, 4) is 11.6 Å². The van der Waals surface area contributed by atoms with Crippen LogP contribution in [0.3, 0.4) is 0 Å². The molecule has 0 bridgehead atoms. The van der Waals surface area contributed by atoms with E-state index in [0.29, 0.717) is 35.1 Å². The first-order chi connectivity index (χ1) is 10.8. The van der Waals surface area contributed by atoms with Crippen molar-refractivity contribution in [3.63, 3.8) is 0 Å². The Balaban J connectivity index is 1.48. The molecule has 0 radical (unpaired) electrons. The van der Waals surface area contributed by atoms with E-state index in [9.17, 15) is 5.11 Å². The average Bonchev–Trinajstić information content (AvgIpc) is 3.01. The van der Waals surface area contributed by atoms with Gasteiger partial charge in [0.2, 0.25) is 11.7 Å². The highest BCUT2D eigenvalue weighted by molar-refractivity contribution is 7.98. The van der Waals surface area contributed by atoms with Crippen LogP contribution in [0.5, 0.6) is 0 Å². The first-order valence-electron chi connectivity index (χ1n) is 6.89. The highest BCUT2D eigenvalue weighted by Crippen LogP contribution is 2.39. The van der Waals surface area contributed by atoms with Crippen molar-refractivity contribution in [2.24, 2.45) is 0 Å². The summed E-state index contributed by atoms with van der Waals surface area (Å²) >= 11 is 1.47. The average molecular weight is 319 g/mol. The molecule has 3 aromatic rings. The van der Waals surface area contributed by atoms with E-state index >= 15 is 0 Å². The molecular formula is C13H13N5O3S. The van der Waals surface area contributed by atoms with Crippen LogP contribution in [0, 0.1) is 0 Å². The van der Waals surface area contributed by atoms with E-state index < -0.39 is 0 Å². The van der Waals surface area contributed by atoms with Gasteiger partial charge in [-0.25, -0.2) is 0 Å². The molecule has 4 rings (SSSR count). The van der Waals surface area contributed by atoms with Gasteiger partial charge in [0.15, 0.2) is 16.7 Å². The van der Waals surface area contributed by atoms with Gasteiger partial charge in [-0.05, 0) is 25.0 Å². The molecule has 0 saturated heterocycles. The molecule has 0 spiro atoms. The van der Waals surface area contributed by atoms with Gasteiger partial charge < -0.3 is 18.6 Å². The SMILES string of the molecule is OCc1nnc(SCc2nc(-c3ccco3)no2)n1C1CC1. The quantitative estimate of drug-likeness (QED) is 0.688. The van der Waals surface area contributed by atoms with E-state index in [4.69, 9.17) is 8.94 Å². The normalized spacial score (nSPS) is 14.6. The standard InChI is InChI=1S/C13H13N5O3S/c19-6-10-15-16-13(18(10)8-3-4-8)22-7-11-14-12(17-21-11)9-2-1-5-20-9/h1-2,5,8,19H,3-4,6-7H2. The lowest BCUT2D eigenvalue weighted by atomic mass is 10.4. The Labute approximate surface area is 129 Å². The van der Waals surface area contributed by atoms with Gasteiger partial charge in [0.25, 0.3) is 0 Å². The number of furan rings is 1. The Bertz CT molecular complexity index is 763. The molecule has 1 aliphatic rings. The Hall–Kier alpha value is -2.13. The molecule has 3 heterocycles. The molecule has 1 fully saturated rings. The fourth-order valence-electron chi connectivity index (χ4n) is 2.16. The van der Waals surface area contributed by atoms with E-state index in [2.05, 4.69) is 20.3 Å². The number of aliphatic hydroxyl groups excluding tert-OH is 1. The molecule has 8 nitrogen and oxygen atoms in total. The summed E-state index contributed by atoms with van der Waals surface area (Å²) in [6.07, 6.45) is 3.76. The molecule has 0 atom stereocenters. The molecule has 22 heavy (non-hydrogen) atoms. The summed E-state index contributed by atoms with van der Waals surface area (Å²) in [5.41, 5.74) is 0. The van der Waals surface area contributed by atoms with Gasteiger partial charge in [-0.1, -0.05) is 16.9 Å². The lowest BCUT2D eigenvalue weighted by molar-refractivity contribution is 0.263. The van der Waals surface area contributed by atoms with Crippen molar-refractivity contribution in [1.82, 2.24) is 24.9 Å².